The first-order chi connectivity index (χ1) is 7.02. The first-order valence-corrected chi connectivity index (χ1v) is 4.97. The van der Waals surface area contributed by atoms with Gasteiger partial charge in [-0.2, -0.15) is 0 Å². The zero-order valence-corrected chi connectivity index (χ0v) is 9.47. The van der Waals surface area contributed by atoms with E-state index >= 15 is 0 Å². The van der Waals surface area contributed by atoms with Gasteiger partial charge in [0.2, 0.25) is 0 Å². The van der Waals surface area contributed by atoms with Crippen LogP contribution < -0.4 is 5.73 Å². The molecule has 1 unspecified atom stereocenters. The minimum absolute atomic E-state index is 0.495. The van der Waals surface area contributed by atoms with Crippen molar-refractivity contribution in [2.45, 2.75) is 32.7 Å². The van der Waals surface area contributed by atoms with Crippen LogP contribution in [0.1, 0.15) is 26.1 Å². The molecular weight excluding hydrogens is 194 g/mol. The third-order valence-electron chi connectivity index (χ3n) is 1.99. The number of carboxylic acids is 1. The van der Waals surface area contributed by atoms with E-state index in [0.29, 0.717) is 6.42 Å². The first kappa shape index (κ1) is 13.6. The van der Waals surface area contributed by atoms with Crippen molar-refractivity contribution in [1.82, 2.24) is 9.55 Å². The van der Waals surface area contributed by atoms with Gasteiger partial charge in [0.1, 0.15) is 11.9 Å². The van der Waals surface area contributed by atoms with Crippen molar-refractivity contribution in [1.29, 1.82) is 0 Å². The van der Waals surface area contributed by atoms with Crippen LogP contribution in [0.2, 0.25) is 0 Å². The van der Waals surface area contributed by atoms with Gasteiger partial charge in [-0.25, -0.2) is 4.98 Å². The number of aryl methyl sites for hydroxylation is 2. The number of hydrogen-bond donors (Lipinski definition) is 2. The number of hydrogen-bond acceptors (Lipinski definition) is 3. The lowest BCUT2D eigenvalue weighted by Crippen LogP contribution is -2.28. The van der Waals surface area contributed by atoms with Gasteiger partial charge in [-0.15, -0.1) is 0 Å². The Balaban J connectivity index is 0.000000265. The molecule has 0 spiro atoms. The molecule has 5 nitrogen and oxygen atoms in total. The molecule has 86 valence electrons. The van der Waals surface area contributed by atoms with Gasteiger partial charge >= 0.3 is 5.97 Å². The molecule has 0 aromatic carbocycles. The fraction of sp³-hybridized carbons (Fsp3) is 0.600. The summed E-state index contributed by atoms with van der Waals surface area (Å²) in [5, 5.41) is 8.06. The Morgan fingerprint density at radius 2 is 2.27 bits per heavy atom. The van der Waals surface area contributed by atoms with Crippen molar-refractivity contribution in [2.75, 3.05) is 0 Å². The number of carboxylic acid groups (broad SMARTS) is 1. The fourth-order valence-electron chi connectivity index (χ4n) is 0.912. The van der Waals surface area contributed by atoms with E-state index in [0.717, 1.165) is 12.2 Å². The van der Waals surface area contributed by atoms with E-state index in [1.54, 1.807) is 6.92 Å². The van der Waals surface area contributed by atoms with Crippen LogP contribution in [0.5, 0.6) is 0 Å². The maximum Gasteiger partial charge on any atom is 0.320 e. The van der Waals surface area contributed by atoms with Crippen LogP contribution in [0.15, 0.2) is 12.4 Å². The van der Waals surface area contributed by atoms with Crippen LogP contribution in [0.25, 0.3) is 0 Å². The molecule has 15 heavy (non-hydrogen) atoms. The normalized spacial score (nSPS) is 11.5. The fourth-order valence-corrected chi connectivity index (χ4v) is 0.912. The minimum atomic E-state index is -0.928. The predicted molar refractivity (Wildman–Crippen MR) is 58.5 cm³/mol. The number of rotatable bonds is 3. The Labute approximate surface area is 89.9 Å². The Morgan fingerprint density at radius 3 is 2.40 bits per heavy atom. The van der Waals surface area contributed by atoms with Crippen LogP contribution in [0.3, 0.4) is 0 Å². The van der Waals surface area contributed by atoms with E-state index in [2.05, 4.69) is 11.9 Å². The molecule has 1 heterocycles. The van der Waals surface area contributed by atoms with E-state index in [-0.39, 0.29) is 0 Å². The first-order valence-electron chi connectivity index (χ1n) is 4.97. The lowest BCUT2D eigenvalue weighted by Gasteiger charge is -1.97. The Kier molecular flexibility index (Phi) is 6.37. The highest BCUT2D eigenvalue weighted by atomic mass is 16.4. The van der Waals surface area contributed by atoms with Crippen LogP contribution in [0.4, 0.5) is 0 Å². The molecule has 0 aliphatic heterocycles. The lowest BCUT2D eigenvalue weighted by molar-refractivity contribution is -0.138. The van der Waals surface area contributed by atoms with Crippen LogP contribution in [-0.2, 0) is 18.3 Å². The number of nitrogens with two attached hydrogens (primary N) is 1. The Hall–Kier alpha value is -1.36. The predicted octanol–water partition coefficient (Wildman–Crippen LogP) is 0.791. The average Bonchev–Trinajstić information content (AvgIpc) is 2.63. The molecule has 0 saturated heterocycles. The lowest BCUT2D eigenvalue weighted by atomic mass is 10.2. The molecule has 1 atom stereocenters. The largest absolute Gasteiger partial charge is 0.480 e. The van der Waals surface area contributed by atoms with E-state index < -0.39 is 12.0 Å². The Bertz CT molecular complexity index is 297. The highest BCUT2D eigenvalue weighted by Gasteiger charge is 2.05. The smallest absolute Gasteiger partial charge is 0.320 e. The summed E-state index contributed by atoms with van der Waals surface area (Å²) in [6.45, 7) is 3.83. The van der Waals surface area contributed by atoms with Crippen molar-refractivity contribution in [3.63, 3.8) is 0 Å². The zero-order chi connectivity index (χ0) is 11.8. The molecular formula is C10H19N3O2. The highest BCUT2D eigenvalue weighted by molar-refractivity contribution is 5.72. The number of imidazole rings is 1. The van der Waals surface area contributed by atoms with Crippen LogP contribution >= 0.6 is 0 Å². The molecule has 1 aromatic heterocycles. The van der Waals surface area contributed by atoms with Crippen molar-refractivity contribution in [3.05, 3.63) is 18.2 Å². The summed E-state index contributed by atoms with van der Waals surface area (Å²) in [7, 11) is 2.01. The molecule has 0 aliphatic carbocycles. The number of aromatic nitrogens is 2. The number of aliphatic carboxylic acids is 1. The van der Waals surface area contributed by atoms with Crippen molar-refractivity contribution >= 4 is 5.97 Å². The second kappa shape index (κ2) is 7.00. The molecule has 0 radical (unpaired) electrons. The maximum absolute atomic E-state index is 9.81. The highest BCUT2D eigenvalue weighted by Crippen LogP contribution is 1.92. The van der Waals surface area contributed by atoms with E-state index in [4.69, 9.17) is 10.8 Å². The molecule has 0 amide bonds. The quantitative estimate of drug-likeness (QED) is 0.777. The Morgan fingerprint density at radius 1 is 1.67 bits per heavy atom. The summed E-state index contributed by atoms with van der Waals surface area (Å²) >= 11 is 0. The van der Waals surface area contributed by atoms with Gasteiger partial charge in [0.15, 0.2) is 0 Å². The molecule has 5 heteroatoms. The standard InChI is InChI=1S/C6H10N2.C4H9NO2/c1-3-6-7-4-5-8(6)2;1-2-3(5)4(6)7/h4-5H,3H2,1-2H3;3H,2,5H2,1H3,(H,6,7). The van der Waals surface area contributed by atoms with Crippen molar-refractivity contribution < 1.29 is 9.90 Å². The van der Waals surface area contributed by atoms with Gasteiger partial charge in [0.25, 0.3) is 0 Å². The molecule has 0 saturated carbocycles. The van der Waals surface area contributed by atoms with Crippen molar-refractivity contribution in [2.24, 2.45) is 12.8 Å². The number of nitrogens with zero attached hydrogens (tertiary/aromatic N) is 2. The van der Waals surface area contributed by atoms with Gasteiger partial charge in [-0.3, -0.25) is 4.79 Å². The van der Waals surface area contributed by atoms with Gasteiger partial charge in [0, 0.05) is 25.9 Å². The monoisotopic (exact) mass is 213 g/mol. The van der Waals surface area contributed by atoms with Gasteiger partial charge in [-0.1, -0.05) is 13.8 Å². The molecule has 1 aromatic rings. The third-order valence-corrected chi connectivity index (χ3v) is 1.99. The minimum Gasteiger partial charge on any atom is -0.480 e. The van der Waals surface area contributed by atoms with Crippen LogP contribution in [0, 0.1) is 0 Å². The van der Waals surface area contributed by atoms with E-state index in [9.17, 15) is 4.79 Å². The number of carbonyl (C=O) groups is 1. The summed E-state index contributed by atoms with van der Waals surface area (Å²) in [5.41, 5.74) is 5.02. The summed E-state index contributed by atoms with van der Waals surface area (Å²) in [6.07, 6.45) is 5.29. The molecule has 1 rings (SSSR count). The molecule has 0 aliphatic rings. The second-order valence-corrected chi connectivity index (χ2v) is 3.16. The summed E-state index contributed by atoms with van der Waals surface area (Å²) in [5.74, 6) is 0.215. The molecule has 3 N–H and O–H groups in total. The maximum atomic E-state index is 9.81. The van der Waals surface area contributed by atoms with E-state index in [1.165, 1.54) is 0 Å². The van der Waals surface area contributed by atoms with Crippen LogP contribution in [-0.4, -0.2) is 26.7 Å². The summed E-state index contributed by atoms with van der Waals surface area (Å²) < 4.78 is 2.03. The van der Waals surface area contributed by atoms with Crippen molar-refractivity contribution in [3.8, 4) is 0 Å². The zero-order valence-electron chi connectivity index (χ0n) is 9.47. The average molecular weight is 213 g/mol. The van der Waals surface area contributed by atoms with Gasteiger partial charge in [0.05, 0.1) is 0 Å². The second-order valence-electron chi connectivity index (χ2n) is 3.16. The molecule has 0 bridgehead atoms. The third kappa shape index (κ3) is 5.17. The van der Waals surface area contributed by atoms with Gasteiger partial charge in [-0.05, 0) is 6.42 Å². The van der Waals surface area contributed by atoms with Gasteiger partial charge < -0.3 is 15.4 Å². The topological polar surface area (TPSA) is 81.1 Å². The summed E-state index contributed by atoms with van der Waals surface area (Å²) in [4.78, 5) is 13.9. The summed E-state index contributed by atoms with van der Waals surface area (Å²) in [6, 6.07) is -0.681. The van der Waals surface area contributed by atoms with E-state index in [1.807, 2.05) is 24.0 Å². The molecule has 0 fully saturated rings. The SMILES string of the molecule is CCC(N)C(=O)O.CCc1nccn1C.